The number of nitrogens with one attached hydrogen (secondary N) is 2. The Morgan fingerprint density at radius 2 is 1.41 bits per heavy atom. The van der Waals surface area contributed by atoms with E-state index in [0.29, 0.717) is 5.11 Å². The number of hydrogen-bond donors (Lipinski definition) is 2. The highest BCUT2D eigenvalue weighted by Crippen LogP contribution is 2.24. The van der Waals surface area contributed by atoms with E-state index in [1.807, 2.05) is 0 Å². The molecule has 2 nitrogen and oxygen atoms in total. The number of para-hydroxylation sites is 1. The highest BCUT2D eigenvalue weighted by Gasteiger charge is 2.13. The minimum Gasteiger partial charge on any atom is -0.332 e. The fraction of sp³-hybridized carbons (Fsp3) is 0.316. The molecule has 0 heterocycles. The molecular weight excluding hydrogens is 288 g/mol. The number of aryl methyl sites for hydroxylation is 2. The summed E-state index contributed by atoms with van der Waals surface area (Å²) in [6.45, 7) is 10.8. The van der Waals surface area contributed by atoms with Crippen molar-refractivity contribution in [1.82, 2.24) is 0 Å². The second kappa shape index (κ2) is 6.49. The van der Waals surface area contributed by atoms with Crippen molar-refractivity contribution in [3.63, 3.8) is 0 Å². The van der Waals surface area contributed by atoms with Gasteiger partial charge in [-0.2, -0.15) is 0 Å². The van der Waals surface area contributed by atoms with E-state index in [9.17, 15) is 0 Å². The standard InChI is InChI=1S/C19H24N2S/c1-13-7-6-8-14(2)17(13)21-18(22)20-16-11-9-15(10-12-16)19(3,4)5/h6-12H,1-5H3,(H2,20,21,22). The molecule has 0 aromatic heterocycles. The number of benzene rings is 2. The van der Waals surface area contributed by atoms with Crippen molar-refractivity contribution in [2.24, 2.45) is 0 Å². The van der Waals surface area contributed by atoms with Gasteiger partial charge in [0.1, 0.15) is 0 Å². The molecule has 0 fully saturated rings. The van der Waals surface area contributed by atoms with Crippen LogP contribution in [0.5, 0.6) is 0 Å². The van der Waals surface area contributed by atoms with Crippen LogP contribution >= 0.6 is 12.2 Å². The predicted molar refractivity (Wildman–Crippen MR) is 101 cm³/mol. The molecule has 0 aliphatic rings. The number of rotatable bonds is 2. The van der Waals surface area contributed by atoms with E-state index in [4.69, 9.17) is 12.2 Å². The summed E-state index contributed by atoms with van der Waals surface area (Å²) < 4.78 is 0. The largest absolute Gasteiger partial charge is 0.332 e. The van der Waals surface area contributed by atoms with E-state index >= 15 is 0 Å². The second-order valence-corrected chi connectivity index (χ2v) is 7.08. The molecule has 3 heteroatoms. The Balaban J connectivity index is 2.06. The van der Waals surface area contributed by atoms with E-state index in [2.05, 4.69) is 87.7 Å². The molecule has 2 rings (SSSR count). The summed E-state index contributed by atoms with van der Waals surface area (Å²) in [5.74, 6) is 0. The molecule has 0 radical (unpaired) electrons. The Morgan fingerprint density at radius 1 is 0.864 bits per heavy atom. The zero-order valence-corrected chi connectivity index (χ0v) is 14.8. The third kappa shape index (κ3) is 4.08. The average molecular weight is 312 g/mol. The Morgan fingerprint density at radius 3 is 1.91 bits per heavy atom. The molecule has 2 aromatic rings. The van der Waals surface area contributed by atoms with Crippen molar-refractivity contribution in [2.45, 2.75) is 40.0 Å². The van der Waals surface area contributed by atoms with Crippen LogP contribution < -0.4 is 10.6 Å². The van der Waals surface area contributed by atoms with Crippen LogP contribution in [0.1, 0.15) is 37.5 Å². The van der Waals surface area contributed by atoms with Crippen LogP contribution in [-0.4, -0.2) is 5.11 Å². The van der Waals surface area contributed by atoms with Gasteiger partial charge in [0, 0.05) is 11.4 Å². The fourth-order valence-electron chi connectivity index (χ4n) is 2.34. The lowest BCUT2D eigenvalue weighted by molar-refractivity contribution is 0.590. The van der Waals surface area contributed by atoms with Gasteiger partial charge in [0.15, 0.2) is 5.11 Å². The van der Waals surface area contributed by atoms with Crippen LogP contribution in [-0.2, 0) is 5.41 Å². The highest BCUT2D eigenvalue weighted by atomic mass is 32.1. The van der Waals surface area contributed by atoms with Crippen LogP contribution in [0.2, 0.25) is 0 Å². The Hall–Kier alpha value is -1.87. The summed E-state index contributed by atoms with van der Waals surface area (Å²) in [6.07, 6.45) is 0. The molecular formula is C19H24N2S. The first-order valence-electron chi connectivity index (χ1n) is 7.52. The third-order valence-corrected chi connectivity index (χ3v) is 3.93. The molecule has 0 saturated carbocycles. The quantitative estimate of drug-likeness (QED) is 0.725. The SMILES string of the molecule is Cc1cccc(C)c1NC(=S)Nc1ccc(C(C)(C)C)cc1. The molecule has 0 aliphatic carbocycles. The van der Waals surface area contributed by atoms with Crippen molar-refractivity contribution in [2.75, 3.05) is 10.6 Å². The van der Waals surface area contributed by atoms with Gasteiger partial charge in [-0.25, -0.2) is 0 Å². The van der Waals surface area contributed by atoms with Crippen LogP contribution in [0.4, 0.5) is 11.4 Å². The van der Waals surface area contributed by atoms with E-state index in [0.717, 1.165) is 11.4 Å². The first-order chi connectivity index (χ1) is 10.3. The second-order valence-electron chi connectivity index (χ2n) is 6.67. The lowest BCUT2D eigenvalue weighted by Gasteiger charge is -2.19. The van der Waals surface area contributed by atoms with Gasteiger partial charge in [-0.1, -0.05) is 51.1 Å². The molecule has 0 bridgehead atoms. The lowest BCUT2D eigenvalue weighted by Crippen LogP contribution is -2.20. The Bertz CT molecular complexity index is 647. The molecule has 0 saturated heterocycles. The van der Waals surface area contributed by atoms with Crippen LogP contribution in [0, 0.1) is 13.8 Å². The zero-order valence-electron chi connectivity index (χ0n) is 13.9. The molecule has 0 amide bonds. The molecule has 0 unspecified atom stereocenters. The van der Waals surface area contributed by atoms with Gasteiger partial charge in [-0.3, -0.25) is 0 Å². The maximum atomic E-state index is 5.42. The van der Waals surface area contributed by atoms with E-state index in [-0.39, 0.29) is 5.41 Å². The minimum absolute atomic E-state index is 0.162. The summed E-state index contributed by atoms with van der Waals surface area (Å²) in [5, 5.41) is 7.15. The van der Waals surface area contributed by atoms with Crippen molar-refractivity contribution in [3.05, 3.63) is 59.2 Å². The van der Waals surface area contributed by atoms with E-state index in [1.165, 1.54) is 16.7 Å². The van der Waals surface area contributed by atoms with Crippen molar-refractivity contribution >= 4 is 28.7 Å². The summed E-state index contributed by atoms with van der Waals surface area (Å²) >= 11 is 5.42. The number of hydrogen-bond acceptors (Lipinski definition) is 1. The number of anilines is 2. The topological polar surface area (TPSA) is 24.1 Å². The van der Waals surface area contributed by atoms with Gasteiger partial charge >= 0.3 is 0 Å². The third-order valence-electron chi connectivity index (χ3n) is 3.73. The smallest absolute Gasteiger partial charge is 0.175 e. The van der Waals surface area contributed by atoms with Crippen molar-refractivity contribution in [1.29, 1.82) is 0 Å². The maximum absolute atomic E-state index is 5.42. The summed E-state index contributed by atoms with van der Waals surface area (Å²) in [5.41, 5.74) is 5.92. The highest BCUT2D eigenvalue weighted by molar-refractivity contribution is 7.80. The Labute approximate surface area is 139 Å². The number of thiocarbonyl (C=S) groups is 1. The monoisotopic (exact) mass is 312 g/mol. The molecule has 0 aliphatic heterocycles. The van der Waals surface area contributed by atoms with Gasteiger partial charge in [-0.15, -0.1) is 0 Å². The van der Waals surface area contributed by atoms with Gasteiger partial charge in [-0.05, 0) is 60.3 Å². The molecule has 22 heavy (non-hydrogen) atoms. The lowest BCUT2D eigenvalue weighted by atomic mass is 9.87. The molecule has 2 aromatic carbocycles. The summed E-state index contributed by atoms with van der Waals surface area (Å²) in [6, 6.07) is 14.6. The van der Waals surface area contributed by atoms with E-state index < -0.39 is 0 Å². The van der Waals surface area contributed by atoms with Crippen molar-refractivity contribution < 1.29 is 0 Å². The summed E-state index contributed by atoms with van der Waals surface area (Å²) in [4.78, 5) is 0. The van der Waals surface area contributed by atoms with Gasteiger partial charge < -0.3 is 10.6 Å². The van der Waals surface area contributed by atoms with Crippen LogP contribution in [0.25, 0.3) is 0 Å². The fourth-order valence-corrected chi connectivity index (χ4v) is 2.56. The Kier molecular flexibility index (Phi) is 4.87. The van der Waals surface area contributed by atoms with Gasteiger partial charge in [0.2, 0.25) is 0 Å². The van der Waals surface area contributed by atoms with Gasteiger partial charge in [0.05, 0.1) is 0 Å². The van der Waals surface area contributed by atoms with Gasteiger partial charge in [0.25, 0.3) is 0 Å². The molecule has 2 N–H and O–H groups in total. The molecule has 116 valence electrons. The zero-order chi connectivity index (χ0) is 16.3. The average Bonchev–Trinajstić information content (AvgIpc) is 2.43. The van der Waals surface area contributed by atoms with Crippen LogP contribution in [0.3, 0.4) is 0 Å². The molecule has 0 atom stereocenters. The molecule has 0 spiro atoms. The van der Waals surface area contributed by atoms with Crippen molar-refractivity contribution in [3.8, 4) is 0 Å². The normalized spacial score (nSPS) is 11.1. The predicted octanol–water partition coefficient (Wildman–Crippen LogP) is 5.41. The van der Waals surface area contributed by atoms with E-state index in [1.54, 1.807) is 0 Å². The maximum Gasteiger partial charge on any atom is 0.175 e. The first-order valence-corrected chi connectivity index (χ1v) is 7.93. The minimum atomic E-state index is 0.162. The van der Waals surface area contributed by atoms with Crippen LogP contribution in [0.15, 0.2) is 42.5 Å². The first kappa shape index (κ1) is 16.5. The summed E-state index contributed by atoms with van der Waals surface area (Å²) in [7, 11) is 0.